The van der Waals surface area contributed by atoms with Gasteiger partial charge in [-0.1, -0.05) is 79.9 Å². The Bertz CT molecular complexity index is 1170. The molecule has 0 aliphatic carbocycles. The lowest BCUT2D eigenvalue weighted by Crippen LogP contribution is -2.20. The van der Waals surface area contributed by atoms with Crippen molar-refractivity contribution in [3.8, 4) is 0 Å². The first-order valence-electron chi connectivity index (χ1n) is 9.76. The van der Waals surface area contributed by atoms with Crippen molar-refractivity contribution in [1.82, 2.24) is 0 Å². The molecule has 0 fully saturated rings. The molecule has 144 valence electrons. The summed E-state index contributed by atoms with van der Waals surface area (Å²) in [5.41, 5.74) is 4.14. The summed E-state index contributed by atoms with van der Waals surface area (Å²) >= 11 is 0. The number of hydrogen-bond acceptors (Lipinski definition) is 1. The van der Waals surface area contributed by atoms with Gasteiger partial charge in [-0.05, 0) is 71.8 Å². The van der Waals surface area contributed by atoms with Crippen molar-refractivity contribution in [3.63, 3.8) is 0 Å². The minimum atomic E-state index is 0.940. The maximum Gasteiger partial charge on any atom is 0.0468 e. The number of rotatable bonds is 7. The fraction of sp³-hybridized carbons (Fsp3) is 0.0714. The topological polar surface area (TPSA) is 3.24 Å². The summed E-state index contributed by atoms with van der Waals surface area (Å²) in [6.07, 6.45) is 11.7. The molecule has 0 unspecified atom stereocenters. The van der Waals surface area contributed by atoms with E-state index in [-0.39, 0.29) is 0 Å². The molecule has 0 aliphatic rings. The van der Waals surface area contributed by atoms with Crippen LogP contribution in [0.3, 0.4) is 0 Å². The largest absolute Gasteiger partial charge is 0.311 e. The molecule has 0 atom stereocenters. The average molecular weight is 378 g/mol. The second kappa shape index (κ2) is 9.07. The second-order valence-electron chi connectivity index (χ2n) is 6.86. The standard InChI is InChI=1S/C28H27N/c1-6-12-24(8-3)29(25(9-4)19-21(5)7-2)26-17-18-28-23(20-26)16-15-22-13-10-11-14-27(22)28/h6-20H,1,3-4H2,2,5H3/b21-7-,24-12+,25-19+. The van der Waals surface area contributed by atoms with E-state index in [2.05, 4.69) is 98.3 Å². The van der Waals surface area contributed by atoms with E-state index >= 15 is 0 Å². The molecule has 0 radical (unpaired) electrons. The Kier molecular flexibility index (Phi) is 6.31. The van der Waals surface area contributed by atoms with Gasteiger partial charge in [0.05, 0.1) is 0 Å². The molecule has 3 aromatic rings. The first kappa shape index (κ1) is 20.2. The highest BCUT2D eigenvalue weighted by atomic mass is 15.1. The van der Waals surface area contributed by atoms with Crippen molar-refractivity contribution in [3.05, 3.63) is 128 Å². The lowest BCUT2D eigenvalue weighted by Gasteiger charge is -2.27. The maximum absolute atomic E-state index is 4.05. The maximum atomic E-state index is 4.05. The van der Waals surface area contributed by atoms with Crippen molar-refractivity contribution < 1.29 is 0 Å². The molecule has 0 saturated heterocycles. The third kappa shape index (κ3) is 4.14. The summed E-state index contributed by atoms with van der Waals surface area (Å²) in [6.45, 7) is 16.0. The number of hydrogen-bond donors (Lipinski definition) is 0. The van der Waals surface area contributed by atoms with Gasteiger partial charge in [0.1, 0.15) is 0 Å². The predicted octanol–water partition coefficient (Wildman–Crippen LogP) is 8.09. The van der Waals surface area contributed by atoms with Crippen LogP contribution in [0.4, 0.5) is 5.69 Å². The summed E-state index contributed by atoms with van der Waals surface area (Å²) in [4.78, 5) is 2.16. The van der Waals surface area contributed by atoms with Crippen LogP contribution < -0.4 is 4.90 Å². The van der Waals surface area contributed by atoms with Gasteiger partial charge in [0.25, 0.3) is 0 Å². The Morgan fingerprint density at radius 3 is 2.21 bits per heavy atom. The van der Waals surface area contributed by atoms with Crippen molar-refractivity contribution in [2.24, 2.45) is 0 Å². The molecule has 1 nitrogen and oxygen atoms in total. The van der Waals surface area contributed by atoms with E-state index in [0.29, 0.717) is 0 Å². The van der Waals surface area contributed by atoms with Crippen LogP contribution in [0.25, 0.3) is 21.5 Å². The van der Waals surface area contributed by atoms with Gasteiger partial charge in [0.15, 0.2) is 0 Å². The molecule has 3 aromatic carbocycles. The van der Waals surface area contributed by atoms with Gasteiger partial charge in [0.2, 0.25) is 0 Å². The molecule has 0 N–H and O–H groups in total. The quantitative estimate of drug-likeness (QED) is 0.297. The zero-order valence-corrected chi connectivity index (χ0v) is 17.2. The molecular weight excluding hydrogens is 350 g/mol. The van der Waals surface area contributed by atoms with Gasteiger partial charge in [-0.15, -0.1) is 0 Å². The van der Waals surface area contributed by atoms with Gasteiger partial charge < -0.3 is 4.90 Å². The number of fused-ring (bicyclic) bond motifs is 3. The van der Waals surface area contributed by atoms with Crippen molar-refractivity contribution in [2.45, 2.75) is 13.8 Å². The first-order chi connectivity index (χ1) is 14.1. The molecule has 0 aliphatic heterocycles. The monoisotopic (exact) mass is 377 g/mol. The highest BCUT2D eigenvalue weighted by Crippen LogP contribution is 2.32. The SMILES string of the molecule is C=C/C=C(\C=C)N(/C(C=C)=C/C(C)=C\C)c1ccc2c(ccc3ccccc32)c1. The number of nitrogens with zero attached hydrogens (tertiary/aromatic N) is 1. The summed E-state index contributed by atoms with van der Waals surface area (Å²) < 4.78 is 0. The third-order valence-corrected chi connectivity index (χ3v) is 5.04. The first-order valence-corrected chi connectivity index (χ1v) is 9.76. The van der Waals surface area contributed by atoms with Crippen LogP contribution in [-0.4, -0.2) is 0 Å². The minimum Gasteiger partial charge on any atom is -0.311 e. The van der Waals surface area contributed by atoms with E-state index < -0.39 is 0 Å². The van der Waals surface area contributed by atoms with Crippen LogP contribution in [0.5, 0.6) is 0 Å². The molecular formula is C28H27N. The number of benzene rings is 3. The third-order valence-electron chi connectivity index (χ3n) is 5.04. The van der Waals surface area contributed by atoms with E-state index in [1.807, 2.05) is 25.2 Å². The van der Waals surface area contributed by atoms with Crippen LogP contribution >= 0.6 is 0 Å². The smallest absolute Gasteiger partial charge is 0.0468 e. The van der Waals surface area contributed by atoms with Gasteiger partial charge in [-0.25, -0.2) is 0 Å². The van der Waals surface area contributed by atoms with Gasteiger partial charge >= 0.3 is 0 Å². The van der Waals surface area contributed by atoms with Gasteiger partial charge in [-0.3, -0.25) is 0 Å². The van der Waals surface area contributed by atoms with Crippen LogP contribution in [0.1, 0.15) is 13.8 Å². The fourth-order valence-electron chi connectivity index (χ4n) is 3.47. The predicted molar refractivity (Wildman–Crippen MR) is 130 cm³/mol. The molecule has 29 heavy (non-hydrogen) atoms. The molecule has 1 heteroatoms. The number of allylic oxidation sites excluding steroid dienone is 7. The van der Waals surface area contributed by atoms with E-state index in [4.69, 9.17) is 0 Å². The highest BCUT2D eigenvalue weighted by Gasteiger charge is 2.14. The molecule has 3 rings (SSSR count). The zero-order valence-electron chi connectivity index (χ0n) is 17.2. The van der Waals surface area contributed by atoms with Crippen LogP contribution in [0.15, 0.2) is 128 Å². The Hall–Kier alpha value is -3.58. The van der Waals surface area contributed by atoms with E-state index in [9.17, 15) is 0 Å². The zero-order chi connectivity index (χ0) is 20.8. The van der Waals surface area contributed by atoms with Crippen LogP contribution in [0.2, 0.25) is 0 Å². The van der Waals surface area contributed by atoms with Gasteiger partial charge in [0, 0.05) is 17.1 Å². The Morgan fingerprint density at radius 2 is 1.52 bits per heavy atom. The molecule has 0 bridgehead atoms. The number of anilines is 1. The molecule has 0 aromatic heterocycles. The van der Waals surface area contributed by atoms with Crippen molar-refractivity contribution >= 4 is 27.2 Å². The Morgan fingerprint density at radius 1 is 0.828 bits per heavy atom. The van der Waals surface area contributed by atoms with Crippen LogP contribution in [0, 0.1) is 0 Å². The summed E-state index contributed by atoms with van der Waals surface area (Å²) in [7, 11) is 0. The van der Waals surface area contributed by atoms with E-state index in [1.165, 1.54) is 27.1 Å². The van der Waals surface area contributed by atoms with Crippen molar-refractivity contribution in [1.29, 1.82) is 0 Å². The lowest BCUT2D eigenvalue weighted by molar-refractivity contribution is 1.14. The summed E-state index contributed by atoms with van der Waals surface area (Å²) in [5, 5.41) is 4.95. The summed E-state index contributed by atoms with van der Waals surface area (Å²) in [6, 6.07) is 19.4. The Labute approximate surface area is 174 Å². The molecule has 0 saturated carbocycles. The average Bonchev–Trinajstić information content (AvgIpc) is 2.77. The van der Waals surface area contributed by atoms with Gasteiger partial charge in [-0.2, -0.15) is 0 Å². The molecule has 0 heterocycles. The van der Waals surface area contributed by atoms with Crippen LogP contribution in [-0.2, 0) is 0 Å². The summed E-state index contributed by atoms with van der Waals surface area (Å²) in [5.74, 6) is 0. The van der Waals surface area contributed by atoms with E-state index in [1.54, 1.807) is 6.08 Å². The Balaban J connectivity index is 2.25. The lowest BCUT2D eigenvalue weighted by atomic mass is 10.0. The molecule has 0 amide bonds. The fourth-order valence-corrected chi connectivity index (χ4v) is 3.47. The van der Waals surface area contributed by atoms with E-state index in [0.717, 1.165) is 17.1 Å². The normalized spacial score (nSPS) is 12.8. The highest BCUT2D eigenvalue weighted by molar-refractivity contribution is 6.08. The molecule has 0 spiro atoms. The minimum absolute atomic E-state index is 0.940. The van der Waals surface area contributed by atoms with Crippen molar-refractivity contribution in [2.75, 3.05) is 4.90 Å². The second-order valence-corrected chi connectivity index (χ2v) is 6.86.